The van der Waals surface area contributed by atoms with E-state index in [1.807, 2.05) is 34.8 Å². The number of nitrogens with zero attached hydrogens (tertiary/aromatic N) is 3. The number of anilines is 1. The van der Waals surface area contributed by atoms with Crippen LogP contribution in [0.3, 0.4) is 0 Å². The van der Waals surface area contributed by atoms with Gasteiger partial charge in [0.2, 0.25) is 0 Å². The molecule has 8 nitrogen and oxygen atoms in total. The van der Waals surface area contributed by atoms with E-state index in [2.05, 4.69) is 67.1 Å². The van der Waals surface area contributed by atoms with Crippen LogP contribution in [0.5, 0.6) is 0 Å². The molecule has 6 aromatic heterocycles. The number of unbranched alkanes of at least 4 members (excludes halogenated alkanes) is 16. The smallest absolute Gasteiger partial charge is 0.357 e. The van der Waals surface area contributed by atoms with Gasteiger partial charge in [-0.05, 0) is 61.1 Å². The normalized spacial score (nSPS) is 12.7. The van der Waals surface area contributed by atoms with Crippen molar-refractivity contribution in [2.45, 2.75) is 195 Å². The van der Waals surface area contributed by atoms with Gasteiger partial charge in [-0.1, -0.05) is 182 Å². The lowest BCUT2D eigenvalue weighted by atomic mass is 9.91. The summed E-state index contributed by atoms with van der Waals surface area (Å²) in [5, 5.41) is 30.8. The van der Waals surface area contributed by atoms with Crippen LogP contribution in [0.1, 0.15) is 192 Å². The van der Waals surface area contributed by atoms with Gasteiger partial charge >= 0.3 is 11.4 Å². The van der Waals surface area contributed by atoms with Gasteiger partial charge in [0, 0.05) is 73.0 Å². The highest BCUT2D eigenvalue weighted by molar-refractivity contribution is 7.47. The Labute approximate surface area is 463 Å². The minimum Gasteiger partial charge on any atom is -0.396 e. The fraction of sp³-hybridized carbons (Fsp3) is 0.552. The maximum Gasteiger partial charge on any atom is 0.357 e. The summed E-state index contributed by atoms with van der Waals surface area (Å²) < 4.78 is 8.02. The van der Waals surface area contributed by atoms with Crippen molar-refractivity contribution in [1.29, 1.82) is 0 Å². The fourth-order valence-corrected chi connectivity index (χ4v) is 18.2. The molecule has 73 heavy (non-hydrogen) atoms. The van der Waals surface area contributed by atoms with E-state index < -0.39 is 21.2 Å². The van der Waals surface area contributed by atoms with Crippen LogP contribution < -0.4 is 5.73 Å². The summed E-state index contributed by atoms with van der Waals surface area (Å²) >= 11 is 14.9. The predicted octanol–water partition coefficient (Wildman–Crippen LogP) is 22.6. The lowest BCUT2D eigenvalue weighted by molar-refractivity contribution is -0.421. The molecule has 2 unspecified atom stereocenters. The number of nitro groups is 2. The Hall–Kier alpha value is -3.44. The molecular formula is C58H76N4O4S7. The molecule has 0 aliphatic carbocycles. The van der Waals surface area contributed by atoms with Crippen molar-refractivity contribution in [2.75, 3.05) is 5.73 Å². The van der Waals surface area contributed by atoms with Crippen molar-refractivity contribution < 1.29 is 9.85 Å². The number of rotatable bonds is 35. The number of hydrogen-bond acceptors (Lipinski definition) is 13. The fourth-order valence-electron chi connectivity index (χ4n) is 10.6. The van der Waals surface area contributed by atoms with Crippen LogP contribution in [0, 0.1) is 32.1 Å². The first-order valence-electron chi connectivity index (χ1n) is 27.4. The zero-order chi connectivity index (χ0) is 51.7. The Morgan fingerprint density at radius 3 is 1.29 bits per heavy atom. The maximum absolute atomic E-state index is 13.3. The molecule has 2 atom stereocenters. The van der Waals surface area contributed by atoms with Gasteiger partial charge in [-0.25, -0.2) is 0 Å². The van der Waals surface area contributed by atoms with E-state index in [1.165, 1.54) is 187 Å². The molecule has 0 amide bonds. The number of fused-ring (bicyclic) bond motifs is 2. The van der Waals surface area contributed by atoms with E-state index in [9.17, 15) is 20.2 Å². The van der Waals surface area contributed by atoms with Crippen LogP contribution in [0.25, 0.3) is 60.6 Å². The van der Waals surface area contributed by atoms with E-state index in [0.29, 0.717) is 21.6 Å². The van der Waals surface area contributed by atoms with Crippen molar-refractivity contribution in [3.63, 3.8) is 0 Å². The van der Waals surface area contributed by atoms with Gasteiger partial charge < -0.3 is 5.73 Å². The second kappa shape index (κ2) is 29.2. The quantitative estimate of drug-likeness (QED) is 0.0183. The summed E-state index contributed by atoms with van der Waals surface area (Å²) in [6.45, 7) is 9.08. The second-order valence-corrected chi connectivity index (χ2v) is 26.7. The molecule has 0 bridgehead atoms. The van der Waals surface area contributed by atoms with Crippen molar-refractivity contribution in [3.05, 3.63) is 77.1 Å². The molecule has 2 N–H and O–H groups in total. The predicted molar refractivity (Wildman–Crippen MR) is 326 cm³/mol. The molecule has 1 aromatic carbocycles. The Morgan fingerprint density at radius 2 is 0.890 bits per heavy atom. The number of nitro benzene ring substituents is 2. The number of nitrogen functional groups attached to an aromatic ring is 1. The van der Waals surface area contributed by atoms with E-state index in [0.717, 1.165) is 52.5 Å². The van der Waals surface area contributed by atoms with Gasteiger partial charge in [0.15, 0.2) is 0 Å². The molecule has 6 heterocycles. The number of thiophene rings is 6. The molecule has 0 saturated carbocycles. The third kappa shape index (κ3) is 14.9. The average molecular weight is 1120 g/mol. The Kier molecular flexibility index (Phi) is 22.9. The summed E-state index contributed by atoms with van der Waals surface area (Å²) in [7, 11) is 0. The van der Waals surface area contributed by atoms with E-state index in [1.54, 1.807) is 22.7 Å². The molecule has 0 fully saturated rings. The zero-order valence-electron chi connectivity index (χ0n) is 43.6. The SMILES string of the molecule is CCCCCCCCC(CCCCCC)Cc1ccc(-c2csc3cc(-c4c(N)c(N=S)c(-c5cc6scc(-c7ccc(CC(CCCCCC)CCCCCCCC)s7)c6s5)c([N+](=O)[O-])c4[N+](=O)[O-])sc23)s1. The van der Waals surface area contributed by atoms with Gasteiger partial charge in [-0.3, -0.25) is 20.2 Å². The van der Waals surface area contributed by atoms with Crippen LogP contribution in [0.4, 0.5) is 22.7 Å². The average Bonchev–Trinajstić information content (AvgIpc) is 4.25. The lowest BCUT2D eigenvalue weighted by Crippen LogP contribution is -2.04. The largest absolute Gasteiger partial charge is 0.396 e. The summed E-state index contributed by atoms with van der Waals surface area (Å²) in [4.78, 5) is 31.3. The van der Waals surface area contributed by atoms with Crippen LogP contribution in [-0.4, -0.2) is 9.85 Å². The first-order chi connectivity index (χ1) is 35.6. The molecular weight excluding hydrogens is 1040 g/mol. The van der Waals surface area contributed by atoms with Crippen molar-refractivity contribution in [3.8, 4) is 41.8 Å². The van der Waals surface area contributed by atoms with Gasteiger partial charge in [0.25, 0.3) is 0 Å². The zero-order valence-corrected chi connectivity index (χ0v) is 49.3. The summed E-state index contributed by atoms with van der Waals surface area (Å²) in [6.07, 6.45) is 33.2. The molecule has 0 spiro atoms. The first kappa shape index (κ1) is 57.3. The molecule has 0 radical (unpaired) electrons. The van der Waals surface area contributed by atoms with Crippen LogP contribution in [0.2, 0.25) is 0 Å². The Balaban J connectivity index is 1.15. The molecule has 0 aliphatic rings. The summed E-state index contributed by atoms with van der Waals surface area (Å²) in [6, 6.07) is 12.7. The molecule has 15 heteroatoms. The van der Waals surface area contributed by atoms with Crippen molar-refractivity contribution >= 4 is 122 Å². The molecule has 0 saturated heterocycles. The first-order valence-corrected chi connectivity index (χ1v) is 32.8. The highest BCUT2D eigenvalue weighted by atomic mass is 32.1. The highest BCUT2D eigenvalue weighted by Gasteiger charge is 2.40. The minimum atomic E-state index is -0.650. The maximum atomic E-state index is 13.3. The highest BCUT2D eigenvalue weighted by Crippen LogP contribution is 2.58. The van der Waals surface area contributed by atoms with Crippen molar-refractivity contribution in [2.24, 2.45) is 16.2 Å². The topological polar surface area (TPSA) is 125 Å². The number of hydrogen-bond donors (Lipinski definition) is 1. The van der Waals surface area contributed by atoms with Crippen LogP contribution in [-0.2, 0) is 25.3 Å². The van der Waals surface area contributed by atoms with Crippen LogP contribution >= 0.6 is 68.0 Å². The van der Waals surface area contributed by atoms with Gasteiger partial charge in [0.05, 0.1) is 24.9 Å². The Bertz CT molecular complexity index is 2860. The monoisotopic (exact) mass is 1120 g/mol. The number of nitrogens with two attached hydrogens (primary N) is 1. The molecule has 7 aromatic rings. The number of benzene rings is 1. The van der Waals surface area contributed by atoms with Gasteiger partial charge in [-0.15, -0.1) is 68.0 Å². The molecule has 0 aliphatic heterocycles. The second-order valence-electron chi connectivity index (χ2n) is 20.2. The van der Waals surface area contributed by atoms with E-state index in [-0.39, 0.29) is 22.5 Å². The standard InChI is InChI=1S/C58H76N4O4S7/c1-5-9-13-17-19-23-27-39(25-21-15-11-7-3)33-41-29-31-45(70-41)43-37-68-49-35-47(72-57(43)49)51-53(59)54(60-67)52(56(62(65)66)55(51)61(63)64)48-36-50-58(73-48)44(38-69-50)46-32-30-42(71-46)34-40(26-22-16-12-8-4)28-24-20-18-14-10-6-2/h29-32,35-40H,5-28,33-34,59H2,1-4H3. The van der Waals surface area contributed by atoms with E-state index >= 15 is 0 Å². The lowest BCUT2D eigenvalue weighted by Gasteiger charge is -2.16. The van der Waals surface area contributed by atoms with Crippen LogP contribution in [0.15, 0.2) is 51.5 Å². The summed E-state index contributed by atoms with van der Waals surface area (Å²) in [5.74, 6) is 1.34. The van der Waals surface area contributed by atoms with E-state index in [4.69, 9.17) is 18.2 Å². The summed E-state index contributed by atoms with van der Waals surface area (Å²) in [5.41, 5.74) is 7.85. The Morgan fingerprint density at radius 1 is 0.521 bits per heavy atom. The third-order valence-electron chi connectivity index (χ3n) is 14.6. The van der Waals surface area contributed by atoms with Gasteiger partial charge in [-0.2, -0.15) is 4.36 Å². The molecule has 7 rings (SSSR count). The third-order valence-corrected chi connectivity index (χ3v) is 21.6. The minimum absolute atomic E-state index is 0.00112. The van der Waals surface area contributed by atoms with Gasteiger partial charge in [0.1, 0.15) is 16.8 Å². The molecule has 394 valence electrons. The van der Waals surface area contributed by atoms with Crippen molar-refractivity contribution in [1.82, 2.24) is 0 Å².